The molecule has 0 saturated heterocycles. The molecular weight excluding hydrogens is 369 g/mol. The maximum Gasteiger partial charge on any atom is 0.258 e. The van der Waals surface area contributed by atoms with Crippen molar-refractivity contribution in [1.82, 2.24) is 14.8 Å². The molecule has 144 valence electrons. The minimum Gasteiger partial charge on any atom is -0.322 e. The van der Waals surface area contributed by atoms with Crippen molar-refractivity contribution in [2.24, 2.45) is 0 Å². The molecule has 1 aliphatic heterocycles. The van der Waals surface area contributed by atoms with E-state index < -0.39 is 23.4 Å². The second kappa shape index (κ2) is 7.46. The Labute approximate surface area is 159 Å². The van der Waals surface area contributed by atoms with Crippen molar-refractivity contribution < 1.29 is 18.0 Å². The molecule has 0 saturated carbocycles. The predicted octanol–water partition coefficient (Wildman–Crippen LogP) is 4.34. The highest BCUT2D eigenvalue weighted by Gasteiger charge is 2.20. The van der Waals surface area contributed by atoms with Crippen LogP contribution in [-0.2, 0) is 13.0 Å². The molecule has 2 heterocycles. The van der Waals surface area contributed by atoms with E-state index in [1.807, 2.05) is 4.57 Å². The maximum absolute atomic E-state index is 14.5. The molecule has 8 heteroatoms. The Balaban J connectivity index is 1.65. The number of carbonyl (C=O) groups excluding carboxylic acids is 1. The summed E-state index contributed by atoms with van der Waals surface area (Å²) in [5.74, 6) is -1.78. The lowest BCUT2D eigenvalue weighted by Crippen LogP contribution is -2.14. The molecule has 28 heavy (non-hydrogen) atoms. The standard InChI is InChI=1S/C20H17F3N4O/c21-12-5-7-14(17(23)10-12)20(28)24-13-6-8-16(22)15(11-13)19-26-25-18-4-2-1-3-9-27(18)19/h5-8,10-11H,1-4,9H2,(H,24,28). The summed E-state index contributed by atoms with van der Waals surface area (Å²) in [6.45, 7) is 0.703. The van der Waals surface area contributed by atoms with Crippen molar-refractivity contribution in [2.75, 3.05) is 5.32 Å². The third-order valence-electron chi connectivity index (χ3n) is 4.75. The van der Waals surface area contributed by atoms with Crippen molar-refractivity contribution >= 4 is 11.6 Å². The topological polar surface area (TPSA) is 59.8 Å². The summed E-state index contributed by atoms with van der Waals surface area (Å²) < 4.78 is 43.2. The van der Waals surface area contributed by atoms with E-state index in [4.69, 9.17) is 0 Å². The average Bonchev–Trinajstić information content (AvgIpc) is 2.91. The lowest BCUT2D eigenvalue weighted by Gasteiger charge is -2.11. The summed E-state index contributed by atoms with van der Waals surface area (Å²) in [7, 11) is 0. The van der Waals surface area contributed by atoms with Crippen LogP contribution in [0.25, 0.3) is 11.4 Å². The van der Waals surface area contributed by atoms with E-state index in [0.29, 0.717) is 18.4 Å². The number of halogens is 3. The first kappa shape index (κ1) is 18.2. The molecule has 2 aromatic carbocycles. The Bertz CT molecular complexity index is 1050. The highest BCUT2D eigenvalue weighted by molar-refractivity contribution is 6.04. The molecule has 1 N–H and O–H groups in total. The monoisotopic (exact) mass is 386 g/mol. The van der Waals surface area contributed by atoms with Crippen LogP contribution in [0, 0.1) is 17.5 Å². The zero-order chi connectivity index (χ0) is 19.7. The Morgan fingerprint density at radius 1 is 0.964 bits per heavy atom. The fourth-order valence-corrected chi connectivity index (χ4v) is 3.33. The number of rotatable bonds is 3. The van der Waals surface area contributed by atoms with Crippen LogP contribution in [0.4, 0.5) is 18.9 Å². The highest BCUT2D eigenvalue weighted by atomic mass is 19.1. The van der Waals surface area contributed by atoms with E-state index in [0.717, 1.165) is 43.6 Å². The van der Waals surface area contributed by atoms with E-state index in [2.05, 4.69) is 15.5 Å². The van der Waals surface area contributed by atoms with E-state index in [-0.39, 0.29) is 16.8 Å². The second-order valence-electron chi connectivity index (χ2n) is 6.68. The summed E-state index contributed by atoms with van der Waals surface area (Å²) >= 11 is 0. The zero-order valence-corrected chi connectivity index (χ0v) is 14.9. The SMILES string of the molecule is O=C(Nc1ccc(F)c(-c2nnc3n2CCCCC3)c1)c1ccc(F)cc1F. The number of hydrogen-bond donors (Lipinski definition) is 1. The van der Waals surface area contributed by atoms with Gasteiger partial charge >= 0.3 is 0 Å². The van der Waals surface area contributed by atoms with E-state index in [1.54, 1.807) is 0 Å². The first-order chi connectivity index (χ1) is 13.5. The van der Waals surface area contributed by atoms with Crippen LogP contribution >= 0.6 is 0 Å². The minimum atomic E-state index is -0.970. The molecule has 0 fully saturated rings. The van der Waals surface area contributed by atoms with Gasteiger partial charge in [0.25, 0.3) is 5.91 Å². The van der Waals surface area contributed by atoms with Gasteiger partial charge in [-0.05, 0) is 43.2 Å². The van der Waals surface area contributed by atoms with Gasteiger partial charge in [-0.3, -0.25) is 4.79 Å². The predicted molar refractivity (Wildman–Crippen MR) is 97.3 cm³/mol. The van der Waals surface area contributed by atoms with Gasteiger partial charge in [0.05, 0.1) is 11.1 Å². The molecule has 3 aromatic rings. The fourth-order valence-electron chi connectivity index (χ4n) is 3.33. The largest absolute Gasteiger partial charge is 0.322 e. The molecule has 0 spiro atoms. The molecule has 5 nitrogen and oxygen atoms in total. The molecular formula is C20H17F3N4O. The van der Waals surface area contributed by atoms with Crippen LogP contribution in [0.15, 0.2) is 36.4 Å². The summed E-state index contributed by atoms with van der Waals surface area (Å²) in [5, 5.41) is 10.8. The molecule has 0 unspecified atom stereocenters. The number of amides is 1. The summed E-state index contributed by atoms with van der Waals surface area (Å²) in [6.07, 6.45) is 3.83. The van der Waals surface area contributed by atoms with Crippen molar-refractivity contribution in [1.29, 1.82) is 0 Å². The Morgan fingerprint density at radius 3 is 2.64 bits per heavy atom. The van der Waals surface area contributed by atoms with Gasteiger partial charge in [0.15, 0.2) is 5.82 Å². The molecule has 4 rings (SSSR count). The van der Waals surface area contributed by atoms with Gasteiger partial charge < -0.3 is 9.88 Å². The lowest BCUT2D eigenvalue weighted by molar-refractivity contribution is 0.102. The van der Waals surface area contributed by atoms with Crippen molar-refractivity contribution in [2.45, 2.75) is 32.2 Å². The van der Waals surface area contributed by atoms with E-state index in [9.17, 15) is 18.0 Å². The van der Waals surface area contributed by atoms with Gasteiger partial charge in [-0.25, -0.2) is 13.2 Å². The number of hydrogen-bond acceptors (Lipinski definition) is 3. The van der Waals surface area contributed by atoms with Gasteiger partial charge in [-0.1, -0.05) is 6.42 Å². The van der Waals surface area contributed by atoms with Crippen molar-refractivity contribution in [3.05, 3.63) is 65.2 Å². The number of aryl methyl sites for hydroxylation is 1. The number of fused-ring (bicyclic) bond motifs is 1. The molecule has 1 aliphatic rings. The fraction of sp³-hybridized carbons (Fsp3) is 0.250. The van der Waals surface area contributed by atoms with Crippen LogP contribution < -0.4 is 5.32 Å². The quantitative estimate of drug-likeness (QED) is 0.728. The number of nitrogens with one attached hydrogen (secondary N) is 1. The van der Waals surface area contributed by atoms with Gasteiger partial charge in [0.2, 0.25) is 0 Å². The van der Waals surface area contributed by atoms with Crippen molar-refractivity contribution in [3.63, 3.8) is 0 Å². The van der Waals surface area contributed by atoms with Crippen LogP contribution in [0.5, 0.6) is 0 Å². The van der Waals surface area contributed by atoms with E-state index >= 15 is 0 Å². The third kappa shape index (κ3) is 3.49. The summed E-state index contributed by atoms with van der Waals surface area (Å²) in [4.78, 5) is 12.3. The first-order valence-electron chi connectivity index (χ1n) is 9.01. The van der Waals surface area contributed by atoms with Crippen molar-refractivity contribution in [3.8, 4) is 11.4 Å². The molecule has 0 atom stereocenters. The second-order valence-corrected chi connectivity index (χ2v) is 6.68. The molecule has 0 aliphatic carbocycles. The molecule has 0 bridgehead atoms. The third-order valence-corrected chi connectivity index (χ3v) is 4.75. The van der Waals surface area contributed by atoms with Crippen LogP contribution in [-0.4, -0.2) is 20.7 Å². The molecule has 1 aromatic heterocycles. The summed E-state index contributed by atoms with van der Waals surface area (Å²) in [6, 6.07) is 6.72. The molecule has 1 amide bonds. The zero-order valence-electron chi connectivity index (χ0n) is 14.9. The number of aromatic nitrogens is 3. The average molecular weight is 386 g/mol. The normalized spacial score (nSPS) is 13.7. The van der Waals surface area contributed by atoms with Crippen LogP contribution in [0.3, 0.4) is 0 Å². The number of nitrogens with zero attached hydrogens (tertiary/aromatic N) is 3. The maximum atomic E-state index is 14.5. The lowest BCUT2D eigenvalue weighted by atomic mass is 10.1. The first-order valence-corrected chi connectivity index (χ1v) is 9.01. The van der Waals surface area contributed by atoms with E-state index in [1.165, 1.54) is 18.2 Å². The van der Waals surface area contributed by atoms with Crippen LogP contribution in [0.1, 0.15) is 35.4 Å². The smallest absolute Gasteiger partial charge is 0.258 e. The van der Waals surface area contributed by atoms with Gasteiger partial charge in [0.1, 0.15) is 23.3 Å². The van der Waals surface area contributed by atoms with Gasteiger partial charge in [-0.15, -0.1) is 10.2 Å². The summed E-state index contributed by atoms with van der Waals surface area (Å²) in [5.41, 5.74) is 0.178. The number of carbonyl (C=O) groups is 1. The van der Waals surface area contributed by atoms with Gasteiger partial charge in [0, 0.05) is 24.7 Å². The highest BCUT2D eigenvalue weighted by Crippen LogP contribution is 2.28. The Kier molecular flexibility index (Phi) is 4.85. The number of benzene rings is 2. The molecule has 0 radical (unpaired) electrons. The Morgan fingerprint density at radius 2 is 1.82 bits per heavy atom. The van der Waals surface area contributed by atoms with Gasteiger partial charge in [-0.2, -0.15) is 0 Å². The number of anilines is 1. The Hall–Kier alpha value is -3.16. The minimum absolute atomic E-state index is 0.207. The van der Waals surface area contributed by atoms with Crippen LogP contribution in [0.2, 0.25) is 0 Å².